The summed E-state index contributed by atoms with van der Waals surface area (Å²) in [6, 6.07) is 13.2. The van der Waals surface area contributed by atoms with Crippen LogP contribution in [0.3, 0.4) is 0 Å². The minimum atomic E-state index is -0.507. The van der Waals surface area contributed by atoms with Crippen LogP contribution in [0.5, 0.6) is 11.5 Å². The second kappa shape index (κ2) is 6.71. The lowest BCUT2D eigenvalue weighted by atomic mass is 10.1. The standard InChI is InChI=1S/C20H20N2O4/c1-14-2-5-16(6-3-14)21-8-10-22(11-9-21)20(24)19(23)15-4-7-17-18(12-15)26-13-25-17/h2-7,12H,8-11,13H2,1H3. The first kappa shape index (κ1) is 16.4. The van der Waals surface area contributed by atoms with E-state index < -0.39 is 11.7 Å². The summed E-state index contributed by atoms with van der Waals surface area (Å²) >= 11 is 0. The van der Waals surface area contributed by atoms with E-state index in [4.69, 9.17) is 9.47 Å². The van der Waals surface area contributed by atoms with Crippen LogP contribution in [0.15, 0.2) is 42.5 Å². The van der Waals surface area contributed by atoms with Gasteiger partial charge < -0.3 is 19.3 Å². The van der Waals surface area contributed by atoms with Crippen molar-refractivity contribution in [2.24, 2.45) is 0 Å². The first-order chi connectivity index (χ1) is 12.6. The largest absolute Gasteiger partial charge is 0.454 e. The summed E-state index contributed by atoms with van der Waals surface area (Å²) < 4.78 is 10.5. The lowest BCUT2D eigenvalue weighted by Gasteiger charge is -2.35. The zero-order valence-electron chi connectivity index (χ0n) is 14.6. The Morgan fingerprint density at radius 2 is 1.58 bits per heavy atom. The van der Waals surface area contributed by atoms with Crippen molar-refractivity contribution in [3.8, 4) is 11.5 Å². The predicted octanol–water partition coefficient (Wildman–Crippen LogP) is 2.26. The van der Waals surface area contributed by atoms with Crippen LogP contribution in [-0.2, 0) is 4.79 Å². The van der Waals surface area contributed by atoms with Crippen molar-refractivity contribution in [1.29, 1.82) is 0 Å². The maximum Gasteiger partial charge on any atom is 0.295 e. The third-order valence-electron chi connectivity index (χ3n) is 4.80. The van der Waals surface area contributed by atoms with Gasteiger partial charge in [-0.2, -0.15) is 0 Å². The summed E-state index contributed by atoms with van der Waals surface area (Å²) in [5.74, 6) is 0.132. The number of hydrogen-bond donors (Lipinski definition) is 0. The Labute approximate surface area is 151 Å². The molecule has 2 aliphatic heterocycles. The molecule has 0 unspecified atom stereocenters. The summed E-state index contributed by atoms with van der Waals surface area (Å²) in [7, 11) is 0. The third-order valence-corrected chi connectivity index (χ3v) is 4.80. The summed E-state index contributed by atoms with van der Waals surface area (Å²) in [6.07, 6.45) is 0. The van der Waals surface area contributed by atoms with Gasteiger partial charge in [-0.15, -0.1) is 0 Å². The maximum absolute atomic E-state index is 12.6. The van der Waals surface area contributed by atoms with Crippen LogP contribution in [0, 0.1) is 6.92 Å². The van der Waals surface area contributed by atoms with Crippen LogP contribution in [0.1, 0.15) is 15.9 Å². The fraction of sp³-hybridized carbons (Fsp3) is 0.300. The zero-order chi connectivity index (χ0) is 18.1. The van der Waals surface area contributed by atoms with E-state index >= 15 is 0 Å². The van der Waals surface area contributed by atoms with Crippen LogP contribution in [-0.4, -0.2) is 49.6 Å². The molecule has 4 rings (SSSR count). The van der Waals surface area contributed by atoms with Crippen LogP contribution in [0.25, 0.3) is 0 Å². The molecule has 1 saturated heterocycles. The lowest BCUT2D eigenvalue weighted by Crippen LogP contribution is -2.50. The van der Waals surface area contributed by atoms with Gasteiger partial charge in [0.1, 0.15) is 0 Å². The minimum absolute atomic E-state index is 0.141. The second-order valence-corrected chi connectivity index (χ2v) is 6.51. The number of anilines is 1. The number of carbonyl (C=O) groups excluding carboxylic acids is 2. The summed E-state index contributed by atoms with van der Waals surface area (Å²) in [5, 5.41) is 0. The van der Waals surface area contributed by atoms with Crippen molar-refractivity contribution in [3.05, 3.63) is 53.6 Å². The Kier molecular flexibility index (Phi) is 4.24. The van der Waals surface area contributed by atoms with Crippen LogP contribution in [0.2, 0.25) is 0 Å². The molecule has 0 spiro atoms. The van der Waals surface area contributed by atoms with Gasteiger partial charge in [0, 0.05) is 37.4 Å². The highest BCUT2D eigenvalue weighted by Gasteiger charge is 2.28. The number of amides is 1. The van der Waals surface area contributed by atoms with E-state index in [-0.39, 0.29) is 6.79 Å². The highest BCUT2D eigenvalue weighted by atomic mass is 16.7. The van der Waals surface area contributed by atoms with Gasteiger partial charge in [-0.25, -0.2) is 0 Å². The van der Waals surface area contributed by atoms with Crippen molar-refractivity contribution in [3.63, 3.8) is 0 Å². The Bertz CT molecular complexity index is 839. The number of nitrogens with zero attached hydrogens (tertiary/aromatic N) is 2. The number of ether oxygens (including phenoxy) is 2. The number of Topliss-reactive ketones (excluding diaryl/α,β-unsaturated/α-hetero) is 1. The summed E-state index contributed by atoms with van der Waals surface area (Å²) in [5.41, 5.74) is 2.70. The molecule has 0 N–H and O–H groups in total. The smallest absolute Gasteiger partial charge is 0.295 e. The van der Waals surface area contributed by atoms with Gasteiger partial charge in [0.2, 0.25) is 6.79 Å². The van der Waals surface area contributed by atoms with Gasteiger partial charge in [0.25, 0.3) is 11.7 Å². The number of benzene rings is 2. The van der Waals surface area contributed by atoms with E-state index in [1.165, 1.54) is 5.56 Å². The molecular weight excluding hydrogens is 332 g/mol. The van der Waals surface area contributed by atoms with E-state index in [0.717, 1.165) is 5.69 Å². The second-order valence-electron chi connectivity index (χ2n) is 6.51. The molecule has 6 heteroatoms. The highest BCUT2D eigenvalue weighted by Crippen LogP contribution is 2.32. The first-order valence-corrected chi connectivity index (χ1v) is 8.67. The van der Waals surface area contributed by atoms with Gasteiger partial charge in [0.05, 0.1) is 0 Å². The quantitative estimate of drug-likeness (QED) is 0.626. The molecule has 0 bridgehead atoms. The molecule has 2 aromatic carbocycles. The lowest BCUT2D eigenvalue weighted by molar-refractivity contribution is -0.126. The summed E-state index contributed by atoms with van der Waals surface area (Å²) in [4.78, 5) is 29.0. The number of fused-ring (bicyclic) bond motifs is 1. The van der Waals surface area contributed by atoms with Crippen LogP contribution in [0.4, 0.5) is 5.69 Å². The van der Waals surface area contributed by atoms with Crippen molar-refractivity contribution in [1.82, 2.24) is 4.90 Å². The predicted molar refractivity (Wildman–Crippen MR) is 96.9 cm³/mol. The van der Waals surface area contributed by atoms with Gasteiger partial charge in [0.15, 0.2) is 11.5 Å². The minimum Gasteiger partial charge on any atom is -0.454 e. The van der Waals surface area contributed by atoms with E-state index in [1.54, 1.807) is 23.1 Å². The third kappa shape index (κ3) is 3.10. The molecule has 6 nitrogen and oxygen atoms in total. The Morgan fingerprint density at radius 1 is 0.885 bits per heavy atom. The Balaban J connectivity index is 1.40. The summed E-state index contributed by atoms with van der Waals surface area (Å²) in [6.45, 7) is 4.68. The van der Waals surface area contributed by atoms with E-state index in [2.05, 4.69) is 36.1 Å². The molecule has 2 heterocycles. The first-order valence-electron chi connectivity index (χ1n) is 8.67. The SMILES string of the molecule is Cc1ccc(N2CCN(C(=O)C(=O)c3ccc4c(c3)OCO4)CC2)cc1. The molecule has 1 fully saturated rings. The molecule has 1 amide bonds. The molecule has 0 radical (unpaired) electrons. The zero-order valence-corrected chi connectivity index (χ0v) is 14.6. The molecule has 2 aromatic rings. The van der Waals surface area contributed by atoms with Crippen molar-refractivity contribution >= 4 is 17.4 Å². The Morgan fingerprint density at radius 3 is 2.31 bits per heavy atom. The molecular formula is C20H20N2O4. The van der Waals surface area contributed by atoms with Gasteiger partial charge in [-0.1, -0.05) is 17.7 Å². The normalized spacial score (nSPS) is 15.9. The number of rotatable bonds is 3. The number of carbonyl (C=O) groups is 2. The monoisotopic (exact) mass is 352 g/mol. The van der Waals surface area contributed by atoms with Crippen molar-refractivity contribution in [2.75, 3.05) is 37.9 Å². The number of ketones is 1. The fourth-order valence-corrected chi connectivity index (χ4v) is 3.23. The van der Waals surface area contributed by atoms with Gasteiger partial charge >= 0.3 is 0 Å². The number of hydrogen-bond acceptors (Lipinski definition) is 5. The number of aryl methyl sites for hydroxylation is 1. The fourth-order valence-electron chi connectivity index (χ4n) is 3.23. The molecule has 0 atom stereocenters. The highest BCUT2D eigenvalue weighted by molar-refractivity contribution is 6.42. The number of piperazine rings is 1. The molecule has 0 aromatic heterocycles. The molecule has 134 valence electrons. The van der Waals surface area contributed by atoms with Crippen LogP contribution >= 0.6 is 0 Å². The molecule has 0 aliphatic carbocycles. The van der Waals surface area contributed by atoms with E-state index in [1.807, 2.05) is 0 Å². The van der Waals surface area contributed by atoms with E-state index in [9.17, 15) is 9.59 Å². The average Bonchev–Trinajstić information content (AvgIpc) is 3.15. The molecule has 2 aliphatic rings. The van der Waals surface area contributed by atoms with Crippen molar-refractivity contribution in [2.45, 2.75) is 6.92 Å². The van der Waals surface area contributed by atoms with E-state index in [0.29, 0.717) is 43.2 Å². The topological polar surface area (TPSA) is 59.1 Å². The molecule has 0 saturated carbocycles. The Hall–Kier alpha value is -3.02. The van der Waals surface area contributed by atoms with Crippen LogP contribution < -0.4 is 14.4 Å². The van der Waals surface area contributed by atoms with Gasteiger partial charge in [-0.05, 0) is 37.3 Å². The molecule has 26 heavy (non-hydrogen) atoms. The van der Waals surface area contributed by atoms with Crippen molar-refractivity contribution < 1.29 is 19.1 Å². The maximum atomic E-state index is 12.6. The average molecular weight is 352 g/mol. The van der Waals surface area contributed by atoms with Gasteiger partial charge in [-0.3, -0.25) is 9.59 Å².